The molecule has 0 saturated carbocycles. The first-order chi connectivity index (χ1) is 48.5. The Labute approximate surface area is 572 Å². The number of benzene rings is 12. The summed E-state index contributed by atoms with van der Waals surface area (Å²) in [6, 6.07) is 106. The van der Waals surface area contributed by atoms with Crippen molar-refractivity contribution in [1.29, 1.82) is 0 Å². The molecule has 0 radical (unpaired) electrons. The van der Waals surface area contributed by atoms with Gasteiger partial charge >= 0.3 is 0 Å². The van der Waals surface area contributed by atoms with E-state index in [0.717, 1.165) is 141 Å². The molecule has 10 nitrogen and oxygen atoms in total. The van der Waals surface area contributed by atoms with Crippen molar-refractivity contribution in [3.05, 3.63) is 328 Å². The van der Waals surface area contributed by atoms with E-state index in [1.165, 1.54) is 0 Å². The zero-order valence-electron chi connectivity index (χ0n) is 52.5. The van der Waals surface area contributed by atoms with E-state index in [4.69, 9.17) is 44.9 Å². The Hall–Kier alpha value is -12.7. The topological polar surface area (TPSA) is 129 Å². The summed E-state index contributed by atoms with van der Waals surface area (Å²) in [6.07, 6.45) is 5.61. The molecule has 0 amide bonds. The molecule has 0 aliphatic heterocycles. The molecule has 0 aliphatic carbocycles. The number of para-hydroxylation sites is 1. The third-order valence-corrected chi connectivity index (χ3v) is 19.4. The number of hydrogen-bond acceptors (Lipinski definition) is 12. The van der Waals surface area contributed by atoms with Gasteiger partial charge in [-0.15, -0.1) is 22.7 Å². The van der Waals surface area contributed by atoms with Gasteiger partial charge in [0.15, 0.2) is 34.9 Å². The van der Waals surface area contributed by atoms with Crippen LogP contribution in [-0.4, -0.2) is 49.8 Å². The number of fused-ring (bicyclic) bond motifs is 4. The largest absolute Gasteiger partial charge is 0.264 e. The quantitative estimate of drug-likeness (QED) is 0.117. The average molecular weight is 1290 g/mol. The van der Waals surface area contributed by atoms with Crippen molar-refractivity contribution in [3.8, 4) is 134 Å². The molecule has 12 aromatic carbocycles. The van der Waals surface area contributed by atoms with Gasteiger partial charge in [0.25, 0.3) is 0 Å². The van der Waals surface area contributed by atoms with Crippen LogP contribution < -0.4 is 0 Å². The van der Waals surface area contributed by atoms with Gasteiger partial charge < -0.3 is 0 Å². The molecule has 6 heterocycles. The van der Waals surface area contributed by atoms with Crippen LogP contribution in [0.3, 0.4) is 0 Å². The van der Waals surface area contributed by atoms with Gasteiger partial charge in [-0.2, -0.15) is 0 Å². The Bertz CT molecular complexity index is 5440. The third kappa shape index (κ3) is 12.2. The van der Waals surface area contributed by atoms with Gasteiger partial charge in [-0.05, 0) is 117 Å². The Balaban J connectivity index is 0.000000147. The molecule has 98 heavy (non-hydrogen) atoms. The lowest BCUT2D eigenvalue weighted by Gasteiger charge is -2.13. The highest BCUT2D eigenvalue weighted by molar-refractivity contribution is 7.22. The van der Waals surface area contributed by atoms with Crippen molar-refractivity contribution in [3.63, 3.8) is 0 Å². The van der Waals surface area contributed by atoms with Crippen LogP contribution in [0.5, 0.6) is 0 Å². The smallest absolute Gasteiger partial charge is 0.164 e. The van der Waals surface area contributed by atoms with Crippen LogP contribution >= 0.6 is 22.7 Å². The highest BCUT2D eigenvalue weighted by atomic mass is 32.1. The van der Waals surface area contributed by atoms with Crippen LogP contribution in [0.25, 0.3) is 176 Å². The lowest BCUT2D eigenvalue weighted by Crippen LogP contribution is -2.00. The Morgan fingerprint density at radius 1 is 0.224 bits per heavy atom. The lowest BCUT2D eigenvalue weighted by molar-refractivity contribution is 1.07. The molecular formula is C86H54N10S2. The second kappa shape index (κ2) is 26.2. The van der Waals surface area contributed by atoms with Gasteiger partial charge in [0.2, 0.25) is 0 Å². The van der Waals surface area contributed by atoms with Crippen molar-refractivity contribution in [1.82, 2.24) is 49.8 Å². The number of thiazole rings is 2. The highest BCUT2D eigenvalue weighted by Crippen LogP contribution is 2.41. The zero-order chi connectivity index (χ0) is 65.1. The summed E-state index contributed by atoms with van der Waals surface area (Å²) in [5.74, 6) is 3.72. The molecular weight excluding hydrogens is 1240 g/mol. The van der Waals surface area contributed by atoms with Crippen molar-refractivity contribution in [2.24, 2.45) is 0 Å². The van der Waals surface area contributed by atoms with Crippen molar-refractivity contribution < 1.29 is 0 Å². The summed E-state index contributed by atoms with van der Waals surface area (Å²) in [4.78, 5) is 49.4. The number of rotatable bonds is 12. The van der Waals surface area contributed by atoms with Gasteiger partial charge in [0, 0.05) is 79.4 Å². The van der Waals surface area contributed by atoms with Gasteiger partial charge in [0.1, 0.15) is 10.0 Å². The van der Waals surface area contributed by atoms with Gasteiger partial charge in [-0.3, -0.25) is 9.97 Å². The average Bonchev–Trinajstić information content (AvgIpc) is 1.28. The second-order valence-corrected chi connectivity index (χ2v) is 25.7. The molecule has 0 atom stereocenters. The van der Waals surface area contributed by atoms with Crippen LogP contribution in [-0.2, 0) is 0 Å². The van der Waals surface area contributed by atoms with Gasteiger partial charge in [-0.1, -0.05) is 237 Å². The summed E-state index contributed by atoms with van der Waals surface area (Å²) < 4.78 is 2.30. The number of hydrogen-bond donors (Lipinski definition) is 0. The molecule has 0 unspecified atom stereocenters. The lowest BCUT2D eigenvalue weighted by atomic mass is 9.93. The van der Waals surface area contributed by atoms with E-state index >= 15 is 0 Å². The minimum atomic E-state index is 0.602. The number of pyridine rings is 2. The van der Waals surface area contributed by atoms with Crippen LogP contribution in [0.2, 0.25) is 0 Å². The zero-order valence-corrected chi connectivity index (χ0v) is 54.1. The summed E-state index contributed by atoms with van der Waals surface area (Å²) in [5.41, 5.74) is 19.1. The van der Waals surface area contributed by atoms with Crippen molar-refractivity contribution in [2.75, 3.05) is 0 Å². The molecule has 0 spiro atoms. The van der Waals surface area contributed by atoms with E-state index in [1.807, 2.05) is 158 Å². The predicted molar refractivity (Wildman–Crippen MR) is 402 cm³/mol. The molecule has 6 aromatic heterocycles. The molecule has 0 N–H and O–H groups in total. The predicted octanol–water partition coefficient (Wildman–Crippen LogP) is 22.1. The normalized spacial score (nSPS) is 11.3. The minimum absolute atomic E-state index is 0.602. The van der Waals surface area contributed by atoms with E-state index in [2.05, 4.69) is 175 Å². The molecule has 0 fully saturated rings. The maximum absolute atomic E-state index is 5.08. The van der Waals surface area contributed by atoms with Gasteiger partial charge in [0.05, 0.1) is 25.9 Å². The Morgan fingerprint density at radius 3 is 1.04 bits per heavy atom. The molecule has 460 valence electrons. The summed E-state index contributed by atoms with van der Waals surface area (Å²) in [7, 11) is 0. The van der Waals surface area contributed by atoms with E-state index in [-0.39, 0.29) is 0 Å². The van der Waals surface area contributed by atoms with E-state index in [0.29, 0.717) is 34.9 Å². The second-order valence-electron chi connectivity index (χ2n) is 23.6. The third-order valence-electron chi connectivity index (χ3n) is 17.2. The number of aromatic nitrogens is 10. The molecule has 0 bridgehead atoms. The fourth-order valence-corrected chi connectivity index (χ4v) is 14.3. The number of nitrogens with zero attached hydrogens (tertiary/aromatic N) is 10. The standard InChI is InChI=1S/2C43H27N5S/c1-4-12-29(13-5-1)40-46-41(30-14-6-2-7-15-30)48-42(47-40)35-25-33(24-34(26-35)36-20-10-18-28-19-11-23-44-39(28)36)32-21-22-38-37(27-32)45-43(49-38)31-16-8-3-9-17-31;1-4-11-28(12-5-1)40-46-41(29-13-6-2-7-14-29)48-42(47-40)35-24-33(23-34(25-35)36-18-10-17-32-27-44-22-21-37(32)36)31-19-20-39-38(26-31)45-43(49-39)30-15-8-3-9-16-30/h2*1-27H. The maximum atomic E-state index is 5.08. The summed E-state index contributed by atoms with van der Waals surface area (Å²) in [5, 5.41) is 5.33. The van der Waals surface area contributed by atoms with Crippen molar-refractivity contribution >= 4 is 64.8 Å². The monoisotopic (exact) mass is 1290 g/mol. The molecule has 12 heteroatoms. The summed E-state index contributed by atoms with van der Waals surface area (Å²) in [6.45, 7) is 0. The SMILES string of the molecule is c1ccc(-c2nc(-c3ccccc3)nc(-c3cc(-c4ccc5sc(-c6ccccc6)nc5c4)cc(-c4cccc5cccnc45)c3)n2)cc1.c1ccc(-c2nc(-c3ccccc3)nc(-c3cc(-c4ccc5sc(-c6ccccc6)nc5c4)cc(-c4cccc5cnccc45)c3)n2)cc1. The first-order valence-corrected chi connectivity index (χ1v) is 33.8. The van der Waals surface area contributed by atoms with Crippen LogP contribution in [0.1, 0.15) is 0 Å². The van der Waals surface area contributed by atoms with E-state index in [9.17, 15) is 0 Å². The van der Waals surface area contributed by atoms with Crippen LogP contribution in [0, 0.1) is 0 Å². The minimum Gasteiger partial charge on any atom is -0.264 e. The van der Waals surface area contributed by atoms with Gasteiger partial charge in [-0.25, -0.2) is 39.9 Å². The first kappa shape index (κ1) is 59.0. The fourth-order valence-electron chi connectivity index (χ4n) is 12.4. The molecule has 18 aromatic rings. The fraction of sp³-hybridized carbons (Fsp3) is 0. The first-order valence-electron chi connectivity index (χ1n) is 32.2. The van der Waals surface area contributed by atoms with Crippen LogP contribution in [0.4, 0.5) is 0 Å². The maximum Gasteiger partial charge on any atom is 0.164 e. The summed E-state index contributed by atoms with van der Waals surface area (Å²) >= 11 is 3.42. The Morgan fingerprint density at radius 2 is 0.592 bits per heavy atom. The highest BCUT2D eigenvalue weighted by Gasteiger charge is 2.20. The molecule has 18 rings (SSSR count). The van der Waals surface area contributed by atoms with Crippen molar-refractivity contribution in [2.45, 2.75) is 0 Å². The van der Waals surface area contributed by atoms with E-state index < -0.39 is 0 Å². The molecule has 0 saturated heterocycles. The van der Waals surface area contributed by atoms with E-state index in [1.54, 1.807) is 22.7 Å². The molecule has 0 aliphatic rings. The van der Waals surface area contributed by atoms with Crippen LogP contribution in [0.15, 0.2) is 328 Å². The Kier molecular flexibility index (Phi) is 15.8.